The fourth-order valence-corrected chi connectivity index (χ4v) is 3.15. The number of benzene rings is 1. The van der Waals surface area contributed by atoms with E-state index in [1.54, 1.807) is 19.1 Å². The van der Waals surface area contributed by atoms with Gasteiger partial charge in [-0.3, -0.25) is 4.98 Å². The molecule has 0 saturated carbocycles. The lowest BCUT2D eigenvalue weighted by molar-refractivity contribution is -0.142. The van der Waals surface area contributed by atoms with E-state index in [0.29, 0.717) is 12.2 Å². The van der Waals surface area contributed by atoms with E-state index in [-0.39, 0.29) is 0 Å². The monoisotopic (exact) mass is 392 g/mol. The molecule has 0 aliphatic rings. The Kier molecular flexibility index (Phi) is 8.86. The van der Waals surface area contributed by atoms with E-state index in [0.717, 1.165) is 30.5 Å². The molecule has 0 radical (unpaired) electrons. The fraction of sp³-hybridized carbons (Fsp3) is 0.480. The number of nitriles is 1. The van der Waals surface area contributed by atoms with Crippen LogP contribution in [0.1, 0.15) is 71.3 Å². The molecule has 0 N–H and O–H groups in total. The average molecular weight is 393 g/mol. The van der Waals surface area contributed by atoms with Gasteiger partial charge in [0.1, 0.15) is 5.75 Å². The Bertz CT molecular complexity index is 806. The Morgan fingerprint density at radius 3 is 2.34 bits per heavy atom. The van der Waals surface area contributed by atoms with Gasteiger partial charge in [0.05, 0.1) is 11.8 Å². The molecular formula is C25H32N2O2. The quantitative estimate of drug-likeness (QED) is 0.249. The summed E-state index contributed by atoms with van der Waals surface area (Å²) >= 11 is 0. The van der Waals surface area contributed by atoms with Crippen LogP contribution in [0.15, 0.2) is 42.6 Å². The SMILES string of the molecule is CCCCCCc1ccc(-c2ccc(OC(=O)C(C)(C#N)CCCC)cc2)nc1. The number of aryl methyl sites for hydroxylation is 1. The maximum Gasteiger partial charge on any atom is 0.331 e. The van der Waals surface area contributed by atoms with Crippen molar-refractivity contribution in [2.75, 3.05) is 0 Å². The summed E-state index contributed by atoms with van der Waals surface area (Å²) in [6.45, 7) is 5.90. The summed E-state index contributed by atoms with van der Waals surface area (Å²) in [4.78, 5) is 17.0. The number of carbonyl (C=O) groups is 1. The molecule has 29 heavy (non-hydrogen) atoms. The molecule has 1 aromatic heterocycles. The highest BCUT2D eigenvalue weighted by Crippen LogP contribution is 2.27. The van der Waals surface area contributed by atoms with E-state index >= 15 is 0 Å². The van der Waals surface area contributed by atoms with Gasteiger partial charge in [0.2, 0.25) is 0 Å². The standard InChI is InChI=1S/C25H32N2O2/c1-4-6-8-9-10-20-11-16-23(27-18-20)21-12-14-22(15-13-21)29-24(28)25(3,19-26)17-7-5-2/h11-16,18H,4-10,17H2,1-3H3. The molecule has 0 fully saturated rings. The van der Waals surface area contributed by atoms with Gasteiger partial charge in [0, 0.05) is 11.8 Å². The first-order valence-corrected chi connectivity index (χ1v) is 10.7. The normalized spacial score (nSPS) is 12.8. The third kappa shape index (κ3) is 6.71. The van der Waals surface area contributed by atoms with Gasteiger partial charge in [-0.15, -0.1) is 0 Å². The van der Waals surface area contributed by atoms with Crippen LogP contribution in [-0.4, -0.2) is 11.0 Å². The van der Waals surface area contributed by atoms with Crippen molar-refractivity contribution >= 4 is 5.97 Å². The molecule has 1 unspecified atom stereocenters. The molecule has 1 atom stereocenters. The van der Waals surface area contributed by atoms with Crippen molar-refractivity contribution in [2.45, 2.75) is 72.1 Å². The van der Waals surface area contributed by atoms with Gasteiger partial charge in [-0.2, -0.15) is 5.26 Å². The summed E-state index contributed by atoms with van der Waals surface area (Å²) in [5, 5.41) is 9.40. The summed E-state index contributed by atoms with van der Waals surface area (Å²) in [6.07, 6.45) is 10.3. The van der Waals surface area contributed by atoms with Crippen molar-refractivity contribution in [3.63, 3.8) is 0 Å². The minimum absolute atomic E-state index is 0.448. The Hall–Kier alpha value is -2.67. The summed E-state index contributed by atoms with van der Waals surface area (Å²) < 4.78 is 5.46. The molecule has 0 spiro atoms. The van der Waals surface area contributed by atoms with Crippen LogP contribution in [0.5, 0.6) is 5.75 Å². The lowest BCUT2D eigenvalue weighted by Crippen LogP contribution is -2.30. The first kappa shape index (κ1) is 22.6. The zero-order valence-corrected chi connectivity index (χ0v) is 17.9. The van der Waals surface area contributed by atoms with Crippen LogP contribution in [0, 0.1) is 16.7 Å². The largest absolute Gasteiger partial charge is 0.425 e. The number of ether oxygens (including phenoxy) is 1. The third-order valence-corrected chi connectivity index (χ3v) is 5.23. The average Bonchev–Trinajstić information content (AvgIpc) is 2.76. The van der Waals surface area contributed by atoms with E-state index < -0.39 is 11.4 Å². The maximum atomic E-state index is 12.4. The van der Waals surface area contributed by atoms with Crippen molar-refractivity contribution in [1.29, 1.82) is 5.26 Å². The first-order valence-electron chi connectivity index (χ1n) is 10.7. The molecule has 4 nitrogen and oxygen atoms in total. The Labute approximate surface area is 174 Å². The minimum atomic E-state index is -1.11. The van der Waals surface area contributed by atoms with Crippen LogP contribution < -0.4 is 4.74 Å². The van der Waals surface area contributed by atoms with Gasteiger partial charge in [0.15, 0.2) is 5.41 Å². The topological polar surface area (TPSA) is 63.0 Å². The Morgan fingerprint density at radius 2 is 1.76 bits per heavy atom. The molecule has 1 aromatic carbocycles. The molecule has 0 bridgehead atoms. The van der Waals surface area contributed by atoms with Crippen LogP contribution >= 0.6 is 0 Å². The van der Waals surface area contributed by atoms with E-state index in [4.69, 9.17) is 4.74 Å². The molecule has 0 saturated heterocycles. The lowest BCUT2D eigenvalue weighted by Gasteiger charge is -2.19. The number of hydrogen-bond acceptors (Lipinski definition) is 4. The zero-order valence-electron chi connectivity index (χ0n) is 17.9. The van der Waals surface area contributed by atoms with E-state index in [2.05, 4.69) is 24.0 Å². The molecule has 2 aromatic rings. The second-order valence-corrected chi connectivity index (χ2v) is 7.82. The highest BCUT2D eigenvalue weighted by molar-refractivity contribution is 5.81. The van der Waals surface area contributed by atoms with Crippen LogP contribution in [0.25, 0.3) is 11.3 Å². The number of rotatable bonds is 11. The van der Waals surface area contributed by atoms with Crippen molar-refractivity contribution in [3.05, 3.63) is 48.2 Å². The first-order chi connectivity index (χ1) is 14.0. The van der Waals surface area contributed by atoms with E-state index in [9.17, 15) is 10.1 Å². The van der Waals surface area contributed by atoms with E-state index in [1.165, 1.54) is 31.2 Å². The zero-order chi connectivity index (χ0) is 21.1. The summed E-state index contributed by atoms with van der Waals surface area (Å²) in [6, 6.07) is 13.6. The van der Waals surface area contributed by atoms with Crippen LogP contribution in [0.3, 0.4) is 0 Å². The molecule has 4 heteroatoms. The Morgan fingerprint density at radius 1 is 1.03 bits per heavy atom. The molecular weight excluding hydrogens is 360 g/mol. The number of unbranched alkanes of at least 4 members (excludes halogenated alkanes) is 4. The second-order valence-electron chi connectivity index (χ2n) is 7.82. The maximum absolute atomic E-state index is 12.4. The highest BCUT2D eigenvalue weighted by atomic mass is 16.5. The molecule has 0 aliphatic heterocycles. The van der Waals surface area contributed by atoms with Gasteiger partial charge in [-0.05, 0) is 62.1 Å². The van der Waals surface area contributed by atoms with Crippen molar-refractivity contribution in [1.82, 2.24) is 4.98 Å². The number of aromatic nitrogens is 1. The van der Waals surface area contributed by atoms with Gasteiger partial charge < -0.3 is 4.74 Å². The van der Waals surface area contributed by atoms with Crippen LogP contribution in [-0.2, 0) is 11.2 Å². The van der Waals surface area contributed by atoms with E-state index in [1.807, 2.05) is 31.3 Å². The van der Waals surface area contributed by atoms with Gasteiger partial charge in [-0.1, -0.05) is 52.0 Å². The summed E-state index contributed by atoms with van der Waals surface area (Å²) in [5.74, 6) is -0.0454. The summed E-state index contributed by atoms with van der Waals surface area (Å²) in [7, 11) is 0. The minimum Gasteiger partial charge on any atom is -0.425 e. The lowest BCUT2D eigenvalue weighted by atomic mass is 9.87. The van der Waals surface area contributed by atoms with Gasteiger partial charge in [-0.25, -0.2) is 4.79 Å². The number of carbonyl (C=O) groups excluding carboxylic acids is 1. The highest BCUT2D eigenvalue weighted by Gasteiger charge is 2.34. The van der Waals surface area contributed by atoms with Crippen LogP contribution in [0.4, 0.5) is 0 Å². The van der Waals surface area contributed by atoms with Gasteiger partial charge >= 0.3 is 5.97 Å². The van der Waals surface area contributed by atoms with Crippen molar-refractivity contribution < 1.29 is 9.53 Å². The predicted molar refractivity (Wildman–Crippen MR) is 116 cm³/mol. The third-order valence-electron chi connectivity index (χ3n) is 5.23. The number of pyridine rings is 1. The number of esters is 1. The number of nitrogens with zero attached hydrogens (tertiary/aromatic N) is 2. The predicted octanol–water partition coefficient (Wildman–Crippen LogP) is 6.50. The molecule has 0 amide bonds. The van der Waals surface area contributed by atoms with Crippen LogP contribution in [0.2, 0.25) is 0 Å². The fourth-order valence-electron chi connectivity index (χ4n) is 3.15. The second kappa shape index (κ2) is 11.4. The smallest absolute Gasteiger partial charge is 0.331 e. The number of hydrogen-bond donors (Lipinski definition) is 0. The van der Waals surface area contributed by atoms with Gasteiger partial charge in [0.25, 0.3) is 0 Å². The molecule has 154 valence electrons. The molecule has 2 rings (SSSR count). The summed E-state index contributed by atoms with van der Waals surface area (Å²) in [5.41, 5.74) is 2.02. The molecule has 0 aliphatic carbocycles. The van der Waals surface area contributed by atoms with Crippen molar-refractivity contribution in [3.8, 4) is 23.1 Å². The van der Waals surface area contributed by atoms with Crippen molar-refractivity contribution in [2.24, 2.45) is 5.41 Å². The molecule has 1 heterocycles. The Balaban J connectivity index is 1.97.